The summed E-state index contributed by atoms with van der Waals surface area (Å²) in [5.74, 6) is -0.710. The van der Waals surface area contributed by atoms with Crippen LogP contribution in [-0.2, 0) is 16.1 Å². The summed E-state index contributed by atoms with van der Waals surface area (Å²) in [4.78, 5) is 25.9. The highest BCUT2D eigenvalue weighted by Gasteiger charge is 2.21. The molecule has 0 saturated heterocycles. The van der Waals surface area contributed by atoms with Gasteiger partial charge < -0.3 is 15.2 Å². The highest BCUT2D eigenvalue weighted by atomic mass is 32.1. The SMILES string of the molecule is CCOC(=O)c1sc(-c2ccccc2)cc1NC(=O)C[n+]1cccc(O)c1. The number of rotatable bonds is 6. The molecular formula is C20H19N2O4S+. The molecule has 3 rings (SSSR count). The molecule has 0 aliphatic rings. The highest BCUT2D eigenvalue weighted by molar-refractivity contribution is 7.18. The Balaban J connectivity index is 1.85. The van der Waals surface area contributed by atoms with Crippen LogP contribution < -0.4 is 9.88 Å². The lowest BCUT2D eigenvalue weighted by Crippen LogP contribution is -2.39. The van der Waals surface area contributed by atoms with Gasteiger partial charge in [0, 0.05) is 10.9 Å². The average Bonchev–Trinajstić information content (AvgIpc) is 3.06. The van der Waals surface area contributed by atoms with Gasteiger partial charge in [0.1, 0.15) is 4.88 Å². The second-order valence-corrected chi connectivity index (χ2v) is 6.77. The van der Waals surface area contributed by atoms with Crippen LogP contribution in [0, 0.1) is 0 Å². The zero-order chi connectivity index (χ0) is 19.2. The monoisotopic (exact) mass is 383 g/mol. The number of aromatic nitrogens is 1. The van der Waals surface area contributed by atoms with Gasteiger partial charge in [-0.15, -0.1) is 11.3 Å². The van der Waals surface area contributed by atoms with E-state index in [9.17, 15) is 14.7 Å². The fourth-order valence-corrected chi connectivity index (χ4v) is 3.55. The largest absolute Gasteiger partial charge is 0.503 e. The second kappa shape index (κ2) is 8.46. The Morgan fingerprint density at radius 3 is 2.67 bits per heavy atom. The number of benzene rings is 1. The van der Waals surface area contributed by atoms with E-state index in [4.69, 9.17) is 4.74 Å². The lowest BCUT2D eigenvalue weighted by molar-refractivity contribution is -0.684. The maximum absolute atomic E-state index is 12.4. The van der Waals surface area contributed by atoms with E-state index in [0.717, 1.165) is 10.4 Å². The van der Waals surface area contributed by atoms with E-state index in [-0.39, 0.29) is 24.8 Å². The summed E-state index contributed by atoms with van der Waals surface area (Å²) in [6, 6.07) is 14.6. The van der Waals surface area contributed by atoms with E-state index in [1.165, 1.54) is 23.6 Å². The molecule has 6 nitrogen and oxygen atoms in total. The third-order valence-corrected chi connectivity index (χ3v) is 4.86. The summed E-state index contributed by atoms with van der Waals surface area (Å²) < 4.78 is 6.67. The van der Waals surface area contributed by atoms with Crippen molar-refractivity contribution in [2.45, 2.75) is 13.5 Å². The molecule has 0 aliphatic carbocycles. The molecule has 3 aromatic rings. The molecule has 0 spiro atoms. The van der Waals surface area contributed by atoms with Gasteiger partial charge in [0.15, 0.2) is 11.9 Å². The number of hydrogen-bond donors (Lipinski definition) is 2. The third-order valence-electron chi connectivity index (χ3n) is 3.69. The van der Waals surface area contributed by atoms with E-state index < -0.39 is 5.97 Å². The first-order chi connectivity index (χ1) is 13.1. The van der Waals surface area contributed by atoms with Crippen molar-refractivity contribution in [1.82, 2.24) is 0 Å². The van der Waals surface area contributed by atoms with Crippen LogP contribution in [0.5, 0.6) is 5.75 Å². The van der Waals surface area contributed by atoms with Crippen LogP contribution in [0.2, 0.25) is 0 Å². The van der Waals surface area contributed by atoms with Gasteiger partial charge in [-0.2, -0.15) is 4.57 Å². The number of carbonyl (C=O) groups excluding carboxylic acids is 2. The Kier molecular flexibility index (Phi) is 5.83. The van der Waals surface area contributed by atoms with Crippen LogP contribution >= 0.6 is 11.3 Å². The van der Waals surface area contributed by atoms with Gasteiger partial charge in [0.25, 0.3) is 5.91 Å². The fourth-order valence-electron chi connectivity index (χ4n) is 2.54. The highest BCUT2D eigenvalue weighted by Crippen LogP contribution is 2.35. The van der Waals surface area contributed by atoms with Gasteiger partial charge in [-0.1, -0.05) is 30.3 Å². The number of hydrogen-bond acceptors (Lipinski definition) is 5. The summed E-state index contributed by atoms with van der Waals surface area (Å²) in [6.45, 7) is 2.00. The number of ether oxygens (including phenoxy) is 1. The number of thiophene rings is 1. The Labute approximate surface area is 160 Å². The standard InChI is InChI=1S/C20H18N2O4S/c1-2-26-20(25)19-16(11-17(27-19)14-7-4-3-5-8-14)21-18(24)13-22-10-6-9-15(23)12-22/h3-12H,2,13H2,1H3,(H-,21,23,24,25)/p+1. The van der Waals surface area contributed by atoms with E-state index in [1.807, 2.05) is 30.3 Å². The third kappa shape index (κ3) is 4.71. The number of aromatic hydroxyl groups is 1. The van der Waals surface area contributed by atoms with Crippen molar-refractivity contribution < 1.29 is 24.0 Å². The van der Waals surface area contributed by atoms with Gasteiger partial charge in [-0.05, 0) is 24.6 Å². The second-order valence-electron chi connectivity index (χ2n) is 5.72. The summed E-state index contributed by atoms with van der Waals surface area (Å²) in [5.41, 5.74) is 1.37. The minimum Gasteiger partial charge on any atom is -0.503 e. The van der Waals surface area contributed by atoms with Crippen molar-refractivity contribution in [3.8, 4) is 16.2 Å². The molecule has 0 atom stereocenters. The average molecular weight is 383 g/mol. The first kappa shape index (κ1) is 18.6. The van der Waals surface area contributed by atoms with E-state index >= 15 is 0 Å². The molecule has 0 unspecified atom stereocenters. The smallest absolute Gasteiger partial charge is 0.350 e. The number of carbonyl (C=O) groups is 2. The molecule has 1 aromatic carbocycles. The molecule has 0 bridgehead atoms. The van der Waals surface area contributed by atoms with Crippen LogP contribution in [-0.4, -0.2) is 23.6 Å². The van der Waals surface area contributed by atoms with Crippen LogP contribution in [0.4, 0.5) is 5.69 Å². The Morgan fingerprint density at radius 2 is 1.96 bits per heavy atom. The zero-order valence-electron chi connectivity index (χ0n) is 14.7. The van der Waals surface area contributed by atoms with Gasteiger partial charge in [-0.25, -0.2) is 4.79 Å². The summed E-state index contributed by atoms with van der Waals surface area (Å²) >= 11 is 1.28. The van der Waals surface area contributed by atoms with E-state index in [0.29, 0.717) is 10.6 Å². The molecule has 0 aliphatic heterocycles. The summed E-state index contributed by atoms with van der Waals surface area (Å²) in [6.07, 6.45) is 3.13. The number of anilines is 1. The molecule has 2 aromatic heterocycles. The predicted molar refractivity (Wildman–Crippen MR) is 103 cm³/mol. The maximum Gasteiger partial charge on any atom is 0.350 e. The lowest BCUT2D eigenvalue weighted by atomic mass is 10.2. The van der Waals surface area contributed by atoms with E-state index in [1.54, 1.807) is 29.8 Å². The lowest BCUT2D eigenvalue weighted by Gasteiger charge is -2.04. The minimum absolute atomic E-state index is 0.00713. The molecule has 27 heavy (non-hydrogen) atoms. The maximum atomic E-state index is 12.4. The van der Waals surface area contributed by atoms with Crippen molar-refractivity contribution in [2.24, 2.45) is 0 Å². The summed E-state index contributed by atoms with van der Waals surface area (Å²) in [7, 11) is 0. The molecule has 0 fully saturated rings. The van der Waals surface area contributed by atoms with Crippen molar-refractivity contribution in [2.75, 3.05) is 11.9 Å². The van der Waals surface area contributed by atoms with Crippen LogP contribution in [0.3, 0.4) is 0 Å². The normalized spacial score (nSPS) is 10.4. The molecule has 1 amide bonds. The zero-order valence-corrected chi connectivity index (χ0v) is 15.5. The molecular weight excluding hydrogens is 364 g/mol. The number of nitrogens with zero attached hydrogens (tertiary/aromatic N) is 1. The van der Waals surface area contributed by atoms with Gasteiger partial charge in [0.05, 0.1) is 12.3 Å². The Bertz CT molecular complexity index is 954. The first-order valence-corrected chi connectivity index (χ1v) is 9.22. The van der Waals surface area contributed by atoms with Crippen molar-refractivity contribution >= 4 is 28.9 Å². The number of amides is 1. The van der Waals surface area contributed by atoms with Crippen molar-refractivity contribution in [3.05, 3.63) is 65.8 Å². The molecule has 138 valence electrons. The van der Waals surface area contributed by atoms with Gasteiger partial charge in [-0.3, -0.25) is 4.79 Å². The molecule has 0 radical (unpaired) electrons. The topological polar surface area (TPSA) is 79.5 Å². The molecule has 7 heteroatoms. The molecule has 2 N–H and O–H groups in total. The van der Waals surface area contributed by atoms with E-state index in [2.05, 4.69) is 5.32 Å². The van der Waals surface area contributed by atoms with Gasteiger partial charge >= 0.3 is 5.97 Å². The van der Waals surface area contributed by atoms with Crippen LogP contribution in [0.15, 0.2) is 60.9 Å². The Morgan fingerprint density at radius 1 is 1.19 bits per heavy atom. The van der Waals surface area contributed by atoms with Crippen molar-refractivity contribution in [1.29, 1.82) is 0 Å². The first-order valence-electron chi connectivity index (χ1n) is 8.41. The number of esters is 1. The van der Waals surface area contributed by atoms with Crippen molar-refractivity contribution in [3.63, 3.8) is 0 Å². The molecule has 2 heterocycles. The number of pyridine rings is 1. The Hall–Kier alpha value is -3.19. The van der Waals surface area contributed by atoms with Crippen LogP contribution in [0.1, 0.15) is 16.6 Å². The predicted octanol–water partition coefficient (Wildman–Crippen LogP) is 3.22. The molecule has 0 saturated carbocycles. The van der Waals surface area contributed by atoms with Crippen LogP contribution in [0.25, 0.3) is 10.4 Å². The quantitative estimate of drug-likeness (QED) is 0.506. The number of nitrogens with one attached hydrogen (secondary N) is 1. The van der Waals surface area contributed by atoms with Gasteiger partial charge in [0.2, 0.25) is 12.7 Å². The summed E-state index contributed by atoms with van der Waals surface area (Å²) in [5, 5.41) is 12.3. The fraction of sp³-hybridized carbons (Fsp3) is 0.150. The minimum atomic E-state index is -0.468.